The van der Waals surface area contributed by atoms with Gasteiger partial charge in [-0.25, -0.2) is 0 Å². The van der Waals surface area contributed by atoms with Gasteiger partial charge in [-0.05, 0) is 24.3 Å². The third kappa shape index (κ3) is 4.95. The first-order chi connectivity index (χ1) is 26.8. The molecule has 2 aliphatic rings. The van der Waals surface area contributed by atoms with Crippen molar-refractivity contribution in [2.24, 2.45) is 0 Å². The van der Waals surface area contributed by atoms with Crippen molar-refractivity contribution >= 4 is 69.4 Å². The van der Waals surface area contributed by atoms with E-state index in [4.69, 9.17) is 9.31 Å². The molecular weight excluding hydrogens is 658 g/mol. The minimum atomic E-state index is -1.98. The topological polar surface area (TPSA) is 24.5 Å². The highest BCUT2D eigenvalue weighted by Crippen LogP contribution is 2.42. The van der Waals surface area contributed by atoms with E-state index < -0.39 is 13.0 Å². The maximum atomic E-state index is 7.66. The molecule has 2 aliphatic heterocycles. The Kier molecular flexibility index (Phi) is 7.62. The highest BCUT2D eigenvalue weighted by Gasteiger charge is 2.51. The van der Waals surface area contributed by atoms with Crippen LogP contribution in [0.2, 0.25) is 0 Å². The lowest BCUT2D eigenvalue weighted by atomic mass is 9.40. The van der Waals surface area contributed by atoms with E-state index in [0.717, 1.165) is 66.6 Å². The smallest absolute Gasteiger partial charge is 0.513 e. The number of benzene rings is 8. The zero-order valence-electron chi connectivity index (χ0n) is 29.7. The Morgan fingerprint density at radius 3 is 0.870 bits per heavy atom. The standard InChI is InChI=1S/C48H36B2N2O2/c1-7-19-39(20-8-1)49(40-21-9-2-10-22-40)51(43-27-15-5-16-28-43)35-37-31-34-46-45(47(37)53-49)33-32-38-36-52(44-29-17-6-18-30-44)50(54-48(38)46,41-23-11-3-12-24-41)42-25-13-4-14-26-42/h1-36H. The van der Waals surface area contributed by atoms with Gasteiger partial charge in [0.05, 0.1) is 22.6 Å². The van der Waals surface area contributed by atoms with Gasteiger partial charge in [0.1, 0.15) is 12.4 Å². The molecule has 0 atom stereocenters. The van der Waals surface area contributed by atoms with Gasteiger partial charge < -0.3 is 18.3 Å². The maximum absolute atomic E-state index is 7.66. The second-order valence-electron chi connectivity index (χ2n) is 14.2. The highest BCUT2D eigenvalue weighted by molar-refractivity contribution is 6.93. The number of hydrogen-bond donors (Lipinski definition) is 0. The van der Waals surface area contributed by atoms with Crippen LogP contribution in [-0.2, 0) is 0 Å². The number of para-hydroxylation sites is 2. The van der Waals surface area contributed by atoms with Crippen molar-refractivity contribution in [2.45, 2.75) is 0 Å². The van der Waals surface area contributed by atoms with Crippen molar-refractivity contribution in [3.05, 3.63) is 217 Å². The van der Waals surface area contributed by atoms with Crippen LogP contribution < -0.4 is 31.2 Å². The van der Waals surface area contributed by atoms with Crippen LogP contribution in [0.3, 0.4) is 0 Å². The molecule has 0 saturated carbocycles. The normalized spacial score (nSPS) is 15.1. The van der Waals surface area contributed by atoms with Crippen LogP contribution >= 0.6 is 0 Å². The molecule has 8 aromatic rings. The summed E-state index contributed by atoms with van der Waals surface area (Å²) in [5.74, 6) is 1.67. The van der Waals surface area contributed by atoms with E-state index in [9.17, 15) is 0 Å². The molecule has 256 valence electrons. The fraction of sp³-hybridized carbons (Fsp3) is 0. The van der Waals surface area contributed by atoms with Crippen molar-refractivity contribution in [1.29, 1.82) is 0 Å². The Balaban J connectivity index is 1.25. The highest BCUT2D eigenvalue weighted by atomic mass is 16.5. The summed E-state index contributed by atoms with van der Waals surface area (Å²) in [5.41, 5.74) is 8.46. The number of fused-ring (bicyclic) bond motifs is 5. The summed E-state index contributed by atoms with van der Waals surface area (Å²) in [6.45, 7) is -3.96. The van der Waals surface area contributed by atoms with Gasteiger partial charge in [0, 0.05) is 35.0 Å². The lowest BCUT2D eigenvalue weighted by Crippen LogP contribution is -2.71. The summed E-state index contributed by atoms with van der Waals surface area (Å²) in [4.78, 5) is 0. The molecule has 0 N–H and O–H groups in total. The quantitative estimate of drug-likeness (QED) is 0.167. The fourth-order valence-electron chi connectivity index (χ4n) is 8.74. The van der Waals surface area contributed by atoms with Crippen LogP contribution in [0.15, 0.2) is 206 Å². The monoisotopic (exact) mass is 694 g/mol. The summed E-state index contributed by atoms with van der Waals surface area (Å²) in [5, 5.41) is 2.00. The Labute approximate surface area is 315 Å². The Morgan fingerprint density at radius 2 is 0.574 bits per heavy atom. The number of hydrogen-bond acceptors (Lipinski definition) is 2. The minimum Gasteiger partial charge on any atom is -0.650 e. The third-order valence-electron chi connectivity index (χ3n) is 11.2. The van der Waals surface area contributed by atoms with Crippen LogP contribution in [0, 0.1) is 0 Å². The molecule has 0 aliphatic carbocycles. The van der Waals surface area contributed by atoms with Crippen LogP contribution in [0.1, 0.15) is 11.1 Å². The summed E-state index contributed by atoms with van der Waals surface area (Å²) in [6.07, 6.45) is 4.53. The van der Waals surface area contributed by atoms with Crippen molar-refractivity contribution in [3.63, 3.8) is 0 Å². The van der Waals surface area contributed by atoms with Crippen LogP contribution in [0.25, 0.3) is 10.8 Å². The molecule has 2 heterocycles. The molecule has 0 spiro atoms. The van der Waals surface area contributed by atoms with Crippen molar-refractivity contribution in [3.8, 4) is 11.5 Å². The molecule has 0 fully saturated rings. The molecule has 0 bridgehead atoms. The lowest BCUT2D eigenvalue weighted by molar-refractivity contribution is -0.304. The predicted molar refractivity (Wildman–Crippen MR) is 224 cm³/mol. The Morgan fingerprint density at radius 1 is 0.296 bits per heavy atom. The van der Waals surface area contributed by atoms with E-state index >= 15 is 0 Å². The van der Waals surface area contributed by atoms with E-state index in [1.165, 1.54) is 0 Å². The minimum absolute atomic E-state index is 0.835. The zero-order valence-corrected chi connectivity index (χ0v) is 29.7. The van der Waals surface area contributed by atoms with E-state index in [1.54, 1.807) is 0 Å². The molecule has 6 heteroatoms. The molecule has 0 amide bonds. The summed E-state index contributed by atoms with van der Waals surface area (Å²) in [6, 6.07) is 72.3. The van der Waals surface area contributed by atoms with Gasteiger partial charge in [0.2, 0.25) is 0 Å². The van der Waals surface area contributed by atoms with Crippen molar-refractivity contribution in [1.82, 2.24) is 0 Å². The largest absolute Gasteiger partial charge is 0.650 e. The van der Waals surface area contributed by atoms with Gasteiger partial charge in [0.15, 0.2) is 11.4 Å². The molecular formula is C48H36B2N2O2. The maximum Gasteiger partial charge on any atom is 0.513 e. The predicted octanol–water partition coefficient (Wildman–Crippen LogP) is 7.66. The van der Waals surface area contributed by atoms with E-state index in [0.29, 0.717) is 0 Å². The average molecular weight is 694 g/mol. The Hall–Kier alpha value is -6.91. The summed E-state index contributed by atoms with van der Waals surface area (Å²) in [7, 11) is 0. The first kappa shape index (κ1) is 31.8. The molecule has 0 unspecified atom stereocenters. The van der Waals surface area contributed by atoms with Crippen LogP contribution in [-0.4, -0.2) is 34.4 Å². The average Bonchev–Trinajstić information content (AvgIpc) is 3.27. The van der Waals surface area contributed by atoms with Gasteiger partial charge in [0.25, 0.3) is 0 Å². The first-order valence-electron chi connectivity index (χ1n) is 18.6. The molecule has 10 rings (SSSR count). The van der Waals surface area contributed by atoms with Crippen molar-refractivity contribution < 1.29 is 18.3 Å². The van der Waals surface area contributed by atoms with E-state index in [2.05, 4.69) is 228 Å². The molecule has 54 heavy (non-hydrogen) atoms. The number of nitrogens with zero attached hydrogens (tertiary/aromatic N) is 2. The first-order valence-corrected chi connectivity index (χ1v) is 18.6. The van der Waals surface area contributed by atoms with E-state index in [-0.39, 0.29) is 0 Å². The second kappa shape index (κ2) is 12.9. The molecule has 0 radical (unpaired) electrons. The van der Waals surface area contributed by atoms with Gasteiger partial charge in [-0.2, -0.15) is 0 Å². The molecule has 0 aromatic heterocycles. The zero-order chi connectivity index (χ0) is 36.0. The van der Waals surface area contributed by atoms with Crippen LogP contribution in [0.4, 0.5) is 11.4 Å². The Bertz CT molecular complexity index is 2420. The lowest BCUT2D eigenvalue weighted by Gasteiger charge is -2.43. The summed E-state index contributed by atoms with van der Waals surface area (Å²) >= 11 is 0. The second-order valence-corrected chi connectivity index (χ2v) is 14.2. The van der Waals surface area contributed by atoms with E-state index in [1.807, 2.05) is 0 Å². The van der Waals surface area contributed by atoms with Gasteiger partial charge >= 0.3 is 13.0 Å². The SMILES string of the molecule is C1=[N+](c2ccccc2)[B-](c2ccccc2)(c2ccccc2)Oc2c1ccc1c3c(ccc21)C=[N+](c1ccccc1)[B-](c1ccccc1)(c1ccccc1)O3. The molecule has 8 aromatic carbocycles. The third-order valence-corrected chi connectivity index (χ3v) is 11.2. The van der Waals surface area contributed by atoms with Crippen molar-refractivity contribution in [2.75, 3.05) is 0 Å². The van der Waals surface area contributed by atoms with Gasteiger partial charge in [-0.15, -0.1) is 0 Å². The molecule has 4 nitrogen and oxygen atoms in total. The van der Waals surface area contributed by atoms with Gasteiger partial charge in [-0.1, -0.05) is 180 Å². The number of rotatable bonds is 6. The summed E-state index contributed by atoms with van der Waals surface area (Å²) < 4.78 is 20.0. The fourth-order valence-corrected chi connectivity index (χ4v) is 8.74. The van der Waals surface area contributed by atoms with Gasteiger partial charge in [-0.3, -0.25) is 0 Å². The van der Waals surface area contributed by atoms with Crippen LogP contribution in [0.5, 0.6) is 11.5 Å². The molecule has 0 saturated heterocycles.